The van der Waals surface area contributed by atoms with Gasteiger partial charge in [0.1, 0.15) is 12.3 Å². The summed E-state index contributed by atoms with van der Waals surface area (Å²) < 4.78 is 21.0. The van der Waals surface area contributed by atoms with Gasteiger partial charge in [0, 0.05) is 54.2 Å². The maximum absolute atomic E-state index is 15.4. The van der Waals surface area contributed by atoms with Crippen LogP contribution < -0.4 is 21.1 Å². The van der Waals surface area contributed by atoms with E-state index in [1.165, 1.54) is 11.1 Å². The minimum absolute atomic E-state index is 0.0169. The van der Waals surface area contributed by atoms with Gasteiger partial charge < -0.3 is 26.0 Å². The van der Waals surface area contributed by atoms with Gasteiger partial charge >= 0.3 is 0 Å². The summed E-state index contributed by atoms with van der Waals surface area (Å²) in [5, 5.41) is 7.05. The predicted molar refractivity (Wildman–Crippen MR) is 136 cm³/mol. The highest BCUT2D eigenvalue weighted by Gasteiger charge is 2.21. The third kappa shape index (κ3) is 3.77. The number of nitrogens with two attached hydrogens (primary N) is 1. The van der Waals surface area contributed by atoms with Crippen LogP contribution in [0.15, 0.2) is 36.7 Å². The first-order valence-corrected chi connectivity index (χ1v) is 11.7. The maximum Gasteiger partial charge on any atom is 0.237 e. The summed E-state index contributed by atoms with van der Waals surface area (Å²) in [5.41, 5.74) is 13.0. The van der Waals surface area contributed by atoms with E-state index in [1.807, 2.05) is 13.0 Å². The molecular weight excluding hydrogens is 445 g/mol. The second-order valence-corrected chi connectivity index (χ2v) is 9.13. The monoisotopic (exact) mass is 471 g/mol. The van der Waals surface area contributed by atoms with Gasteiger partial charge in [0.15, 0.2) is 5.82 Å². The van der Waals surface area contributed by atoms with Gasteiger partial charge in [-0.2, -0.15) is 0 Å². The number of halogens is 1. The van der Waals surface area contributed by atoms with Gasteiger partial charge in [0.2, 0.25) is 11.8 Å². The SMILES string of the molecule is Cc1c(-c2cc3nc(Nc4ccc5c(c4)CCN(C)C5)ncc3c(N)c2F)cnc2c1NCCO2. The number of ether oxygens (including phenoxy) is 1. The normalized spacial score (nSPS) is 15.2. The standard InChI is InChI=1S/C26H26FN7O/c1-14-19(11-30-25-24(14)29-6-8-35-25)18-10-21-20(23(28)22(18)27)12-31-26(33-21)32-17-4-3-16-13-34(2)7-5-15(16)9-17/h3-4,9-12,29H,5-8,13,28H2,1-2H3,(H,31,32,33). The van der Waals surface area contributed by atoms with Gasteiger partial charge in [0.05, 0.1) is 11.2 Å². The molecule has 2 aliphatic heterocycles. The van der Waals surface area contributed by atoms with Gasteiger partial charge in [-0.1, -0.05) is 6.07 Å². The molecule has 2 aliphatic rings. The Bertz CT molecular complexity index is 1470. The predicted octanol–water partition coefficient (Wildman–Crippen LogP) is 4.26. The lowest BCUT2D eigenvalue weighted by molar-refractivity contribution is 0.310. The topological polar surface area (TPSA) is 101 Å². The fourth-order valence-corrected chi connectivity index (χ4v) is 4.83. The third-order valence-electron chi connectivity index (χ3n) is 6.76. The first-order chi connectivity index (χ1) is 17.0. The molecule has 0 bridgehead atoms. The number of anilines is 4. The zero-order chi connectivity index (χ0) is 24.1. The Labute approximate surface area is 202 Å². The molecule has 0 unspecified atom stereocenters. The van der Waals surface area contributed by atoms with Crippen LogP contribution in [0.1, 0.15) is 16.7 Å². The quantitative estimate of drug-likeness (QED) is 0.381. The number of nitrogens with zero attached hydrogens (tertiary/aromatic N) is 4. The highest BCUT2D eigenvalue weighted by molar-refractivity contribution is 5.96. The molecule has 0 atom stereocenters. The molecule has 0 spiro atoms. The molecule has 0 radical (unpaired) electrons. The van der Waals surface area contributed by atoms with Crippen LogP contribution >= 0.6 is 0 Å². The first kappa shape index (κ1) is 21.5. The number of rotatable bonds is 3. The van der Waals surface area contributed by atoms with Gasteiger partial charge in [-0.3, -0.25) is 0 Å². The van der Waals surface area contributed by atoms with Crippen LogP contribution in [0.3, 0.4) is 0 Å². The fourth-order valence-electron chi connectivity index (χ4n) is 4.83. The molecule has 4 aromatic rings. The van der Waals surface area contributed by atoms with E-state index in [-0.39, 0.29) is 5.69 Å². The second kappa shape index (κ2) is 8.35. The molecule has 2 aromatic heterocycles. The molecule has 4 N–H and O–H groups in total. The summed E-state index contributed by atoms with van der Waals surface area (Å²) in [6, 6.07) is 8.03. The largest absolute Gasteiger partial charge is 0.474 e. The average Bonchev–Trinajstić information content (AvgIpc) is 2.87. The van der Waals surface area contributed by atoms with E-state index in [0.717, 1.165) is 36.4 Å². The van der Waals surface area contributed by atoms with Gasteiger partial charge in [-0.05, 0) is 55.3 Å². The van der Waals surface area contributed by atoms with Crippen LogP contribution in [0.4, 0.5) is 27.4 Å². The summed E-state index contributed by atoms with van der Waals surface area (Å²) in [6.45, 7) is 5.12. The van der Waals surface area contributed by atoms with Crippen molar-refractivity contribution in [3.8, 4) is 17.0 Å². The molecule has 0 fully saturated rings. The zero-order valence-electron chi connectivity index (χ0n) is 19.7. The molecular formula is C26H26FN7O. The van der Waals surface area contributed by atoms with Crippen molar-refractivity contribution < 1.29 is 9.13 Å². The van der Waals surface area contributed by atoms with Crippen molar-refractivity contribution >= 4 is 33.9 Å². The van der Waals surface area contributed by atoms with Crippen LogP contribution in [-0.4, -0.2) is 46.6 Å². The van der Waals surface area contributed by atoms with Crippen molar-refractivity contribution in [2.45, 2.75) is 19.9 Å². The lowest BCUT2D eigenvalue weighted by Crippen LogP contribution is -2.26. The number of hydrogen-bond donors (Lipinski definition) is 3. The lowest BCUT2D eigenvalue weighted by Gasteiger charge is -2.25. The summed E-state index contributed by atoms with van der Waals surface area (Å²) in [4.78, 5) is 15.7. The minimum atomic E-state index is -0.511. The summed E-state index contributed by atoms with van der Waals surface area (Å²) in [6.07, 6.45) is 4.19. The molecule has 8 nitrogen and oxygen atoms in total. The number of pyridine rings is 1. The number of benzene rings is 2. The smallest absolute Gasteiger partial charge is 0.237 e. The molecule has 0 saturated carbocycles. The third-order valence-corrected chi connectivity index (χ3v) is 6.76. The molecule has 0 saturated heterocycles. The lowest BCUT2D eigenvalue weighted by atomic mass is 9.98. The Morgan fingerprint density at radius 2 is 2.03 bits per heavy atom. The first-order valence-electron chi connectivity index (χ1n) is 11.7. The summed E-state index contributed by atoms with van der Waals surface area (Å²) >= 11 is 0. The number of likely N-dealkylation sites (N-methyl/N-ethyl adjacent to an activating group) is 1. The molecule has 178 valence electrons. The highest BCUT2D eigenvalue weighted by atomic mass is 19.1. The molecule has 9 heteroatoms. The van der Waals surface area contributed by atoms with E-state index >= 15 is 4.39 Å². The van der Waals surface area contributed by atoms with Gasteiger partial charge in [-0.25, -0.2) is 19.3 Å². The minimum Gasteiger partial charge on any atom is -0.474 e. The fraction of sp³-hybridized carbons (Fsp3) is 0.269. The number of nitrogen functional groups attached to an aromatic ring is 1. The summed E-state index contributed by atoms with van der Waals surface area (Å²) in [5.74, 6) is 0.443. The van der Waals surface area contributed by atoms with Crippen LogP contribution in [0.2, 0.25) is 0 Å². The molecule has 0 aliphatic carbocycles. The van der Waals surface area contributed by atoms with Crippen LogP contribution in [0.5, 0.6) is 5.88 Å². The molecule has 4 heterocycles. The van der Waals surface area contributed by atoms with Crippen molar-refractivity contribution in [2.75, 3.05) is 43.1 Å². The number of aromatic nitrogens is 3. The number of hydrogen-bond acceptors (Lipinski definition) is 8. The number of fused-ring (bicyclic) bond motifs is 3. The Morgan fingerprint density at radius 3 is 2.91 bits per heavy atom. The highest BCUT2D eigenvalue weighted by Crippen LogP contribution is 2.39. The Kier molecular flexibility index (Phi) is 5.14. The molecule has 35 heavy (non-hydrogen) atoms. The zero-order valence-corrected chi connectivity index (χ0v) is 19.7. The van der Waals surface area contributed by atoms with Crippen molar-refractivity contribution in [3.05, 3.63) is 59.2 Å². The summed E-state index contributed by atoms with van der Waals surface area (Å²) in [7, 11) is 2.13. The van der Waals surface area contributed by atoms with Crippen molar-refractivity contribution in [1.29, 1.82) is 0 Å². The Morgan fingerprint density at radius 1 is 1.14 bits per heavy atom. The molecule has 0 amide bonds. The van der Waals surface area contributed by atoms with Gasteiger partial charge in [-0.15, -0.1) is 0 Å². The Balaban J connectivity index is 1.38. The van der Waals surface area contributed by atoms with Crippen LogP contribution in [0.25, 0.3) is 22.0 Å². The second-order valence-electron chi connectivity index (χ2n) is 9.13. The van der Waals surface area contributed by atoms with Crippen molar-refractivity contribution in [3.63, 3.8) is 0 Å². The van der Waals surface area contributed by atoms with Gasteiger partial charge in [0.25, 0.3) is 0 Å². The van der Waals surface area contributed by atoms with E-state index in [4.69, 9.17) is 10.5 Å². The van der Waals surface area contributed by atoms with Crippen LogP contribution in [-0.2, 0) is 13.0 Å². The van der Waals surface area contributed by atoms with E-state index in [1.54, 1.807) is 18.5 Å². The molecule has 6 rings (SSSR count). The van der Waals surface area contributed by atoms with Crippen LogP contribution in [0, 0.1) is 12.7 Å². The van der Waals surface area contributed by atoms with E-state index in [9.17, 15) is 0 Å². The van der Waals surface area contributed by atoms with E-state index in [2.05, 4.69) is 49.7 Å². The molecule has 2 aromatic carbocycles. The van der Waals surface area contributed by atoms with Crippen molar-refractivity contribution in [1.82, 2.24) is 19.9 Å². The van der Waals surface area contributed by atoms with E-state index < -0.39 is 5.82 Å². The van der Waals surface area contributed by atoms with E-state index in [0.29, 0.717) is 47.0 Å². The Hall–Kier alpha value is -3.98. The maximum atomic E-state index is 15.4. The van der Waals surface area contributed by atoms with Crippen molar-refractivity contribution in [2.24, 2.45) is 0 Å². The number of nitrogens with one attached hydrogen (secondary N) is 2. The average molecular weight is 472 g/mol.